The molecule has 0 bridgehead atoms. The fourth-order valence-corrected chi connectivity index (χ4v) is 2.51. The summed E-state index contributed by atoms with van der Waals surface area (Å²) < 4.78 is 2.10. The largest absolute Gasteiger partial charge is 0.307 e. The SMILES string of the molecule is c1ccc2cn(-c3nccc4ccccc34)cc2c1. The molecule has 90 valence electrons. The van der Waals surface area contributed by atoms with Crippen LogP contribution < -0.4 is 0 Å². The Hall–Kier alpha value is -2.61. The minimum Gasteiger partial charge on any atom is -0.307 e. The summed E-state index contributed by atoms with van der Waals surface area (Å²) in [7, 11) is 0. The van der Waals surface area contributed by atoms with Gasteiger partial charge < -0.3 is 4.57 Å². The Kier molecular flexibility index (Phi) is 2.15. The molecular weight excluding hydrogens is 232 g/mol. The lowest BCUT2D eigenvalue weighted by Crippen LogP contribution is -1.94. The Balaban J connectivity index is 2.03. The van der Waals surface area contributed by atoms with Crippen molar-refractivity contribution in [2.75, 3.05) is 0 Å². The van der Waals surface area contributed by atoms with Gasteiger partial charge in [-0.25, -0.2) is 4.98 Å². The normalized spacial score (nSPS) is 11.2. The molecular formula is C17H12N2. The van der Waals surface area contributed by atoms with Gasteiger partial charge in [-0.3, -0.25) is 0 Å². The van der Waals surface area contributed by atoms with Crippen molar-refractivity contribution in [3.05, 3.63) is 73.2 Å². The summed E-state index contributed by atoms with van der Waals surface area (Å²) in [5.41, 5.74) is 0. The maximum absolute atomic E-state index is 4.54. The van der Waals surface area contributed by atoms with Crippen LogP contribution in [0.3, 0.4) is 0 Å². The van der Waals surface area contributed by atoms with Crippen LogP contribution in [-0.4, -0.2) is 9.55 Å². The van der Waals surface area contributed by atoms with Crippen LogP contribution in [0.2, 0.25) is 0 Å². The molecule has 2 heterocycles. The third-order valence-electron chi connectivity index (χ3n) is 3.45. The Labute approximate surface area is 110 Å². The molecule has 0 fully saturated rings. The van der Waals surface area contributed by atoms with Crippen molar-refractivity contribution in [2.45, 2.75) is 0 Å². The van der Waals surface area contributed by atoms with Gasteiger partial charge in [0.25, 0.3) is 0 Å². The van der Waals surface area contributed by atoms with Crippen LogP contribution >= 0.6 is 0 Å². The molecule has 0 saturated heterocycles. The number of nitrogens with zero attached hydrogens (tertiary/aromatic N) is 2. The zero-order valence-electron chi connectivity index (χ0n) is 10.3. The number of rotatable bonds is 1. The van der Waals surface area contributed by atoms with Crippen molar-refractivity contribution >= 4 is 21.5 Å². The van der Waals surface area contributed by atoms with Crippen molar-refractivity contribution in [1.82, 2.24) is 9.55 Å². The van der Waals surface area contributed by atoms with Gasteiger partial charge in [0.2, 0.25) is 0 Å². The number of fused-ring (bicyclic) bond motifs is 2. The van der Waals surface area contributed by atoms with Crippen molar-refractivity contribution in [3.63, 3.8) is 0 Å². The van der Waals surface area contributed by atoms with E-state index >= 15 is 0 Å². The van der Waals surface area contributed by atoms with E-state index in [0.29, 0.717) is 0 Å². The molecule has 0 aliphatic carbocycles. The van der Waals surface area contributed by atoms with Gasteiger partial charge in [0.1, 0.15) is 5.82 Å². The molecule has 19 heavy (non-hydrogen) atoms. The predicted octanol–water partition coefficient (Wildman–Crippen LogP) is 4.18. The van der Waals surface area contributed by atoms with Gasteiger partial charge in [0, 0.05) is 24.0 Å². The number of benzene rings is 2. The molecule has 2 nitrogen and oxygen atoms in total. The second-order valence-electron chi connectivity index (χ2n) is 4.65. The predicted molar refractivity (Wildman–Crippen MR) is 78.6 cm³/mol. The summed E-state index contributed by atoms with van der Waals surface area (Å²) in [5, 5.41) is 4.85. The van der Waals surface area contributed by atoms with E-state index in [2.05, 4.69) is 70.5 Å². The molecule has 0 radical (unpaired) electrons. The minimum absolute atomic E-state index is 0.981. The van der Waals surface area contributed by atoms with Crippen LogP contribution in [0.25, 0.3) is 27.4 Å². The van der Waals surface area contributed by atoms with E-state index in [1.165, 1.54) is 21.5 Å². The highest BCUT2D eigenvalue weighted by molar-refractivity contribution is 5.90. The molecule has 0 amide bonds. The maximum Gasteiger partial charge on any atom is 0.144 e. The van der Waals surface area contributed by atoms with E-state index < -0.39 is 0 Å². The van der Waals surface area contributed by atoms with E-state index in [9.17, 15) is 0 Å². The van der Waals surface area contributed by atoms with Crippen LogP contribution in [0.15, 0.2) is 73.2 Å². The first kappa shape index (κ1) is 10.3. The Morgan fingerprint density at radius 3 is 2.05 bits per heavy atom. The summed E-state index contributed by atoms with van der Waals surface area (Å²) in [4.78, 5) is 4.54. The van der Waals surface area contributed by atoms with Crippen molar-refractivity contribution in [2.24, 2.45) is 0 Å². The molecule has 0 atom stereocenters. The molecule has 0 saturated carbocycles. The molecule has 0 aliphatic heterocycles. The van der Waals surface area contributed by atoms with Gasteiger partial charge in [0.15, 0.2) is 0 Å². The van der Waals surface area contributed by atoms with Gasteiger partial charge in [-0.1, -0.05) is 48.5 Å². The summed E-state index contributed by atoms with van der Waals surface area (Å²) >= 11 is 0. The van der Waals surface area contributed by atoms with E-state index in [1.54, 1.807) is 0 Å². The molecule has 0 aliphatic rings. The van der Waals surface area contributed by atoms with Crippen LogP contribution in [-0.2, 0) is 0 Å². The monoisotopic (exact) mass is 244 g/mol. The highest BCUT2D eigenvalue weighted by atomic mass is 15.0. The zero-order chi connectivity index (χ0) is 12.7. The molecule has 0 spiro atoms. The van der Waals surface area contributed by atoms with Crippen LogP contribution in [0.5, 0.6) is 0 Å². The maximum atomic E-state index is 4.54. The lowest BCUT2D eigenvalue weighted by molar-refractivity contribution is 1.03. The Morgan fingerprint density at radius 1 is 0.684 bits per heavy atom. The smallest absolute Gasteiger partial charge is 0.144 e. The van der Waals surface area contributed by atoms with Crippen LogP contribution in [0.4, 0.5) is 0 Å². The molecule has 2 heteroatoms. The van der Waals surface area contributed by atoms with E-state index in [0.717, 1.165) is 5.82 Å². The second kappa shape index (κ2) is 3.95. The average molecular weight is 244 g/mol. The van der Waals surface area contributed by atoms with E-state index in [4.69, 9.17) is 0 Å². The highest BCUT2D eigenvalue weighted by Crippen LogP contribution is 2.23. The van der Waals surface area contributed by atoms with Gasteiger partial charge in [-0.15, -0.1) is 0 Å². The summed E-state index contributed by atoms with van der Waals surface area (Å²) in [5.74, 6) is 0.981. The Morgan fingerprint density at radius 2 is 1.32 bits per heavy atom. The number of pyridine rings is 1. The van der Waals surface area contributed by atoms with Crippen LogP contribution in [0.1, 0.15) is 0 Å². The lowest BCUT2D eigenvalue weighted by atomic mass is 10.1. The van der Waals surface area contributed by atoms with Gasteiger partial charge in [0.05, 0.1) is 0 Å². The average Bonchev–Trinajstić information content (AvgIpc) is 2.90. The fourth-order valence-electron chi connectivity index (χ4n) is 2.51. The molecule has 2 aromatic carbocycles. The van der Waals surface area contributed by atoms with Gasteiger partial charge in [-0.2, -0.15) is 0 Å². The molecule has 2 aromatic heterocycles. The number of hydrogen-bond donors (Lipinski definition) is 0. The highest BCUT2D eigenvalue weighted by Gasteiger charge is 2.05. The molecule has 4 rings (SSSR count). The first-order valence-corrected chi connectivity index (χ1v) is 6.33. The van der Waals surface area contributed by atoms with Gasteiger partial charge in [-0.05, 0) is 22.2 Å². The lowest BCUT2D eigenvalue weighted by Gasteiger charge is -2.05. The summed E-state index contributed by atoms with van der Waals surface area (Å²) in [6.45, 7) is 0. The number of hydrogen-bond acceptors (Lipinski definition) is 1. The van der Waals surface area contributed by atoms with Crippen molar-refractivity contribution in [3.8, 4) is 5.82 Å². The van der Waals surface area contributed by atoms with Gasteiger partial charge >= 0.3 is 0 Å². The first-order chi connectivity index (χ1) is 9.42. The number of aromatic nitrogens is 2. The first-order valence-electron chi connectivity index (χ1n) is 6.33. The summed E-state index contributed by atoms with van der Waals surface area (Å²) in [6.07, 6.45) is 6.12. The Bertz CT molecular complexity index is 836. The van der Waals surface area contributed by atoms with E-state index in [-0.39, 0.29) is 0 Å². The summed E-state index contributed by atoms with van der Waals surface area (Å²) in [6, 6.07) is 18.7. The topological polar surface area (TPSA) is 17.8 Å². The zero-order valence-corrected chi connectivity index (χ0v) is 10.3. The quantitative estimate of drug-likeness (QED) is 0.491. The van der Waals surface area contributed by atoms with Crippen molar-refractivity contribution < 1.29 is 0 Å². The standard InChI is InChI=1S/C17H12N2/c1-2-7-15-12-19(11-14(15)6-1)17-16-8-4-3-5-13(16)9-10-18-17/h1-12H. The van der Waals surface area contributed by atoms with Crippen LogP contribution in [0, 0.1) is 0 Å². The third kappa shape index (κ3) is 1.61. The third-order valence-corrected chi connectivity index (χ3v) is 3.45. The van der Waals surface area contributed by atoms with E-state index in [1.807, 2.05) is 12.3 Å². The molecule has 4 aromatic rings. The molecule has 0 N–H and O–H groups in total. The van der Waals surface area contributed by atoms with Crippen molar-refractivity contribution in [1.29, 1.82) is 0 Å². The minimum atomic E-state index is 0.981. The molecule has 0 unspecified atom stereocenters. The second-order valence-corrected chi connectivity index (χ2v) is 4.65. The fraction of sp³-hybridized carbons (Fsp3) is 0.